The fourth-order valence-electron chi connectivity index (χ4n) is 3.27. The highest BCUT2D eigenvalue weighted by atomic mass is 16.5. The van der Waals surface area contributed by atoms with Gasteiger partial charge in [-0.2, -0.15) is 0 Å². The number of methoxy groups -OCH3 is 1. The van der Waals surface area contributed by atoms with Crippen molar-refractivity contribution < 1.29 is 14.3 Å². The van der Waals surface area contributed by atoms with Crippen LogP contribution in [0.3, 0.4) is 0 Å². The Balaban J connectivity index is 2.09. The van der Waals surface area contributed by atoms with Crippen molar-refractivity contribution in [3.63, 3.8) is 0 Å². The van der Waals surface area contributed by atoms with Crippen LogP contribution in [0.4, 0.5) is 0 Å². The van der Waals surface area contributed by atoms with Gasteiger partial charge in [0.2, 0.25) is 0 Å². The molecule has 0 bridgehead atoms. The number of nitrogens with zero attached hydrogens (tertiary/aromatic N) is 1. The van der Waals surface area contributed by atoms with Crippen LogP contribution in [0.1, 0.15) is 26.7 Å². The lowest BCUT2D eigenvalue weighted by Gasteiger charge is -2.41. The molecule has 1 aliphatic carbocycles. The van der Waals surface area contributed by atoms with E-state index in [9.17, 15) is 4.79 Å². The fraction of sp³-hybridized carbons (Fsp3) is 0.929. The third kappa shape index (κ3) is 3.09. The summed E-state index contributed by atoms with van der Waals surface area (Å²) in [7, 11) is 3.34. The van der Waals surface area contributed by atoms with Gasteiger partial charge in [-0.25, -0.2) is 4.79 Å². The smallest absolute Gasteiger partial charge is 0.327 e. The number of hydrogen-bond acceptors (Lipinski definition) is 5. The molecule has 0 aromatic carbocycles. The van der Waals surface area contributed by atoms with Gasteiger partial charge in [0.05, 0.1) is 19.3 Å². The van der Waals surface area contributed by atoms with Crippen LogP contribution in [-0.4, -0.2) is 62.4 Å². The van der Waals surface area contributed by atoms with Crippen LogP contribution in [0, 0.1) is 5.92 Å². The minimum Gasteiger partial charge on any atom is -0.468 e. The number of carbonyl (C=O) groups excluding carboxylic acids is 1. The summed E-state index contributed by atoms with van der Waals surface area (Å²) in [6.45, 7) is 6.62. The third-order valence-corrected chi connectivity index (χ3v) is 4.24. The maximum Gasteiger partial charge on any atom is 0.327 e. The van der Waals surface area contributed by atoms with E-state index in [2.05, 4.69) is 24.1 Å². The second kappa shape index (κ2) is 5.77. The van der Waals surface area contributed by atoms with E-state index in [0.29, 0.717) is 12.5 Å². The van der Waals surface area contributed by atoms with E-state index in [1.54, 1.807) is 0 Å². The molecular formula is C14H26N2O3. The third-order valence-electron chi connectivity index (χ3n) is 4.24. The first-order valence-electron chi connectivity index (χ1n) is 7.17. The molecule has 19 heavy (non-hydrogen) atoms. The van der Waals surface area contributed by atoms with Crippen molar-refractivity contribution in [1.82, 2.24) is 10.2 Å². The lowest BCUT2D eigenvalue weighted by Crippen LogP contribution is -2.62. The van der Waals surface area contributed by atoms with Crippen molar-refractivity contribution in [2.45, 2.75) is 44.4 Å². The van der Waals surface area contributed by atoms with E-state index in [0.717, 1.165) is 25.9 Å². The molecule has 1 N–H and O–H groups in total. The highest BCUT2D eigenvalue weighted by Crippen LogP contribution is 2.41. The molecule has 0 aromatic heterocycles. The van der Waals surface area contributed by atoms with Gasteiger partial charge in [0.15, 0.2) is 0 Å². The van der Waals surface area contributed by atoms with Gasteiger partial charge in [-0.15, -0.1) is 0 Å². The van der Waals surface area contributed by atoms with Crippen LogP contribution in [-0.2, 0) is 14.3 Å². The number of rotatable bonds is 5. The van der Waals surface area contributed by atoms with Crippen molar-refractivity contribution in [1.29, 1.82) is 0 Å². The van der Waals surface area contributed by atoms with Crippen LogP contribution in [0.25, 0.3) is 0 Å². The average Bonchev–Trinajstić information content (AvgIpc) is 3.18. The molecule has 2 rings (SSSR count). The highest BCUT2D eigenvalue weighted by Gasteiger charge is 2.52. The zero-order valence-electron chi connectivity index (χ0n) is 12.4. The quantitative estimate of drug-likeness (QED) is 0.743. The summed E-state index contributed by atoms with van der Waals surface area (Å²) in [5.74, 6) is 0.266. The van der Waals surface area contributed by atoms with E-state index in [1.807, 2.05) is 7.05 Å². The molecule has 3 atom stereocenters. The van der Waals surface area contributed by atoms with Crippen LogP contribution in [0.15, 0.2) is 0 Å². The van der Waals surface area contributed by atoms with Crippen LogP contribution in [0.2, 0.25) is 0 Å². The molecule has 1 saturated carbocycles. The zero-order valence-corrected chi connectivity index (χ0v) is 12.4. The Labute approximate surface area is 115 Å². The number of carbonyl (C=O) groups is 1. The Bertz CT molecular complexity index is 323. The normalized spacial score (nSPS) is 31.8. The summed E-state index contributed by atoms with van der Waals surface area (Å²) in [5.41, 5.74) is -0.550. The predicted molar refractivity (Wildman–Crippen MR) is 73.0 cm³/mol. The molecule has 2 fully saturated rings. The Hall–Kier alpha value is -0.650. The van der Waals surface area contributed by atoms with E-state index in [4.69, 9.17) is 9.47 Å². The summed E-state index contributed by atoms with van der Waals surface area (Å²) >= 11 is 0. The Morgan fingerprint density at radius 2 is 1.95 bits per heavy atom. The molecule has 5 heteroatoms. The number of nitrogens with one attached hydrogen (secondary N) is 1. The van der Waals surface area contributed by atoms with Gasteiger partial charge in [-0.1, -0.05) is 0 Å². The van der Waals surface area contributed by atoms with E-state index < -0.39 is 5.54 Å². The summed E-state index contributed by atoms with van der Waals surface area (Å²) in [6.07, 6.45) is 2.64. The van der Waals surface area contributed by atoms with Crippen LogP contribution >= 0.6 is 0 Å². The van der Waals surface area contributed by atoms with Crippen LogP contribution in [0.5, 0.6) is 0 Å². The van der Waals surface area contributed by atoms with Gasteiger partial charge in [0.25, 0.3) is 0 Å². The molecule has 0 radical (unpaired) electrons. The van der Waals surface area contributed by atoms with Gasteiger partial charge >= 0.3 is 5.97 Å². The molecule has 110 valence electrons. The molecule has 1 heterocycles. The SMILES string of the molecule is CNC(CN1CC(C)OC(C)C1)(C(=O)OC)C1CC1. The van der Waals surface area contributed by atoms with Crippen LogP contribution < -0.4 is 5.32 Å². The molecule has 3 unspecified atom stereocenters. The van der Waals surface area contributed by atoms with E-state index >= 15 is 0 Å². The minimum absolute atomic E-state index is 0.135. The molecule has 1 aliphatic heterocycles. The standard InChI is InChI=1S/C14H26N2O3/c1-10-7-16(8-11(2)19-10)9-14(15-3,12-5-6-12)13(17)18-4/h10-12,15H,5-9H2,1-4H3. The van der Waals surface area contributed by atoms with Gasteiger partial charge in [0, 0.05) is 19.6 Å². The van der Waals surface area contributed by atoms with Crippen molar-refractivity contribution in [3.05, 3.63) is 0 Å². The lowest BCUT2D eigenvalue weighted by molar-refractivity contribution is -0.152. The maximum absolute atomic E-state index is 12.2. The molecule has 0 spiro atoms. The highest BCUT2D eigenvalue weighted by molar-refractivity contribution is 5.82. The number of morpholine rings is 1. The molecule has 0 aromatic rings. The second-order valence-electron chi connectivity index (χ2n) is 5.94. The number of ether oxygens (including phenoxy) is 2. The number of hydrogen-bond donors (Lipinski definition) is 1. The molecule has 1 saturated heterocycles. The lowest BCUT2D eigenvalue weighted by atomic mass is 9.92. The number of likely N-dealkylation sites (N-methyl/N-ethyl adjacent to an activating group) is 1. The first-order valence-corrected chi connectivity index (χ1v) is 7.17. The Kier molecular flexibility index (Phi) is 4.48. The minimum atomic E-state index is -0.550. The largest absolute Gasteiger partial charge is 0.468 e. The molecule has 2 aliphatic rings. The first-order chi connectivity index (χ1) is 9.01. The topological polar surface area (TPSA) is 50.8 Å². The molecule has 0 amide bonds. The average molecular weight is 270 g/mol. The van der Waals surface area contributed by atoms with Crippen molar-refractivity contribution in [3.8, 4) is 0 Å². The summed E-state index contributed by atoms with van der Waals surface area (Å²) in [4.78, 5) is 14.6. The molecule has 5 nitrogen and oxygen atoms in total. The maximum atomic E-state index is 12.2. The second-order valence-corrected chi connectivity index (χ2v) is 5.94. The van der Waals surface area contributed by atoms with Gasteiger partial charge in [-0.05, 0) is 39.7 Å². The molecular weight excluding hydrogens is 244 g/mol. The van der Waals surface area contributed by atoms with E-state index in [-0.39, 0.29) is 18.2 Å². The Morgan fingerprint density at radius 3 is 2.37 bits per heavy atom. The summed E-state index contributed by atoms with van der Waals surface area (Å²) < 4.78 is 10.8. The fourth-order valence-corrected chi connectivity index (χ4v) is 3.27. The first kappa shape index (κ1) is 14.8. The van der Waals surface area contributed by atoms with Gasteiger partial charge in [-0.3, -0.25) is 4.90 Å². The van der Waals surface area contributed by atoms with Gasteiger partial charge in [0.1, 0.15) is 5.54 Å². The van der Waals surface area contributed by atoms with Crippen molar-refractivity contribution in [2.75, 3.05) is 33.8 Å². The zero-order chi connectivity index (χ0) is 14.0. The number of esters is 1. The predicted octanol–water partition coefficient (Wildman–Crippen LogP) is 0.637. The van der Waals surface area contributed by atoms with Crippen molar-refractivity contribution in [2.24, 2.45) is 5.92 Å². The van der Waals surface area contributed by atoms with E-state index in [1.165, 1.54) is 7.11 Å². The monoisotopic (exact) mass is 270 g/mol. The summed E-state index contributed by atoms with van der Waals surface area (Å²) in [5, 5.41) is 3.25. The van der Waals surface area contributed by atoms with Crippen molar-refractivity contribution >= 4 is 5.97 Å². The van der Waals surface area contributed by atoms with Gasteiger partial charge < -0.3 is 14.8 Å². The Morgan fingerprint density at radius 1 is 1.37 bits per heavy atom. The summed E-state index contributed by atoms with van der Waals surface area (Å²) in [6, 6.07) is 0.